The zero-order valence-corrected chi connectivity index (χ0v) is 9.65. The standard InChI is InChI=1S/C9H18IN/c1-8(2)9(6-10)4-3-5-11-7-9/h8,11H,3-7H2,1-2H3. The zero-order chi connectivity index (χ0) is 8.32. The van der Waals surface area contributed by atoms with Crippen LogP contribution in [-0.4, -0.2) is 17.5 Å². The fourth-order valence-corrected chi connectivity index (χ4v) is 3.28. The van der Waals surface area contributed by atoms with Crippen LogP contribution in [0.1, 0.15) is 26.7 Å². The molecular formula is C9H18IN. The fourth-order valence-electron chi connectivity index (χ4n) is 1.75. The maximum Gasteiger partial charge on any atom is 0.00666 e. The molecule has 1 saturated heterocycles. The van der Waals surface area contributed by atoms with Crippen LogP contribution in [0, 0.1) is 11.3 Å². The van der Waals surface area contributed by atoms with Crippen LogP contribution in [0.2, 0.25) is 0 Å². The van der Waals surface area contributed by atoms with E-state index in [4.69, 9.17) is 0 Å². The lowest BCUT2D eigenvalue weighted by Crippen LogP contribution is -2.44. The first-order valence-electron chi connectivity index (χ1n) is 4.48. The lowest BCUT2D eigenvalue weighted by molar-refractivity contribution is 0.171. The van der Waals surface area contributed by atoms with Crippen molar-refractivity contribution in [2.24, 2.45) is 11.3 Å². The van der Waals surface area contributed by atoms with Crippen LogP contribution in [0.15, 0.2) is 0 Å². The van der Waals surface area contributed by atoms with Gasteiger partial charge in [-0.25, -0.2) is 0 Å². The van der Waals surface area contributed by atoms with Crippen molar-refractivity contribution in [1.82, 2.24) is 5.32 Å². The Morgan fingerprint density at radius 2 is 2.27 bits per heavy atom. The van der Waals surface area contributed by atoms with Gasteiger partial charge in [0.25, 0.3) is 0 Å². The number of hydrogen-bond donors (Lipinski definition) is 1. The molecule has 0 spiro atoms. The minimum absolute atomic E-state index is 0.596. The highest BCUT2D eigenvalue weighted by Crippen LogP contribution is 2.36. The molecule has 0 aromatic rings. The van der Waals surface area contributed by atoms with Crippen LogP contribution in [0.3, 0.4) is 0 Å². The van der Waals surface area contributed by atoms with Crippen molar-refractivity contribution in [3.63, 3.8) is 0 Å². The van der Waals surface area contributed by atoms with Crippen molar-refractivity contribution < 1.29 is 0 Å². The largest absolute Gasteiger partial charge is 0.316 e. The van der Waals surface area contributed by atoms with Crippen molar-refractivity contribution in [3.8, 4) is 0 Å². The third kappa shape index (κ3) is 2.08. The lowest BCUT2D eigenvalue weighted by Gasteiger charge is -2.39. The van der Waals surface area contributed by atoms with Gasteiger partial charge in [0.1, 0.15) is 0 Å². The van der Waals surface area contributed by atoms with E-state index in [1.807, 2.05) is 0 Å². The Morgan fingerprint density at radius 1 is 1.55 bits per heavy atom. The lowest BCUT2D eigenvalue weighted by atomic mass is 9.74. The molecule has 1 fully saturated rings. The average molecular weight is 267 g/mol. The van der Waals surface area contributed by atoms with Gasteiger partial charge in [-0.3, -0.25) is 0 Å². The molecule has 1 nitrogen and oxygen atoms in total. The van der Waals surface area contributed by atoms with Gasteiger partial charge < -0.3 is 5.32 Å². The summed E-state index contributed by atoms with van der Waals surface area (Å²) in [7, 11) is 0. The van der Waals surface area contributed by atoms with Crippen molar-refractivity contribution in [2.75, 3.05) is 17.5 Å². The number of rotatable bonds is 2. The molecule has 0 amide bonds. The summed E-state index contributed by atoms with van der Waals surface area (Å²) < 4.78 is 1.30. The molecule has 0 aromatic carbocycles. The first kappa shape index (κ1) is 9.78. The molecule has 0 radical (unpaired) electrons. The highest BCUT2D eigenvalue weighted by atomic mass is 127. The Kier molecular flexibility index (Phi) is 3.62. The number of halogens is 1. The molecule has 2 heteroatoms. The Morgan fingerprint density at radius 3 is 2.55 bits per heavy atom. The van der Waals surface area contributed by atoms with Crippen molar-refractivity contribution in [2.45, 2.75) is 26.7 Å². The van der Waals surface area contributed by atoms with Crippen molar-refractivity contribution in [1.29, 1.82) is 0 Å². The molecule has 0 aliphatic carbocycles. The van der Waals surface area contributed by atoms with Crippen LogP contribution in [0.5, 0.6) is 0 Å². The second-order valence-electron chi connectivity index (χ2n) is 3.93. The summed E-state index contributed by atoms with van der Waals surface area (Å²) >= 11 is 2.53. The molecule has 66 valence electrons. The SMILES string of the molecule is CC(C)C1(CI)CCCNC1. The molecule has 1 rings (SSSR count). The Hall–Kier alpha value is 0.690. The molecule has 1 unspecified atom stereocenters. The molecule has 1 aliphatic heterocycles. The predicted octanol–water partition coefficient (Wildman–Crippen LogP) is 2.45. The van der Waals surface area contributed by atoms with E-state index in [2.05, 4.69) is 41.8 Å². The van der Waals surface area contributed by atoms with Gasteiger partial charge in [-0.05, 0) is 30.7 Å². The number of nitrogens with one attached hydrogen (secondary N) is 1. The zero-order valence-electron chi connectivity index (χ0n) is 7.49. The monoisotopic (exact) mass is 267 g/mol. The van der Waals surface area contributed by atoms with E-state index in [0.29, 0.717) is 5.41 Å². The third-order valence-corrected chi connectivity index (χ3v) is 4.52. The van der Waals surface area contributed by atoms with Gasteiger partial charge in [0, 0.05) is 11.0 Å². The Bertz CT molecular complexity index is 117. The topological polar surface area (TPSA) is 12.0 Å². The van der Waals surface area contributed by atoms with E-state index >= 15 is 0 Å². The van der Waals surface area contributed by atoms with E-state index in [-0.39, 0.29) is 0 Å². The molecule has 1 atom stereocenters. The Labute approximate surface area is 83.5 Å². The van der Waals surface area contributed by atoms with E-state index < -0.39 is 0 Å². The summed E-state index contributed by atoms with van der Waals surface area (Å²) in [5.74, 6) is 0.826. The van der Waals surface area contributed by atoms with Gasteiger partial charge in [-0.1, -0.05) is 36.4 Å². The summed E-state index contributed by atoms with van der Waals surface area (Å²) in [6, 6.07) is 0. The van der Waals surface area contributed by atoms with Gasteiger partial charge in [0.05, 0.1) is 0 Å². The number of piperidine rings is 1. The summed E-state index contributed by atoms with van der Waals surface area (Å²) in [5.41, 5.74) is 0.596. The van der Waals surface area contributed by atoms with E-state index in [1.165, 1.54) is 30.4 Å². The quantitative estimate of drug-likeness (QED) is 0.598. The van der Waals surface area contributed by atoms with Crippen molar-refractivity contribution >= 4 is 22.6 Å². The highest BCUT2D eigenvalue weighted by molar-refractivity contribution is 14.1. The second-order valence-corrected chi connectivity index (χ2v) is 4.69. The highest BCUT2D eigenvalue weighted by Gasteiger charge is 2.33. The van der Waals surface area contributed by atoms with Gasteiger partial charge in [-0.2, -0.15) is 0 Å². The molecule has 1 heterocycles. The minimum atomic E-state index is 0.596. The first-order valence-corrected chi connectivity index (χ1v) is 6.00. The Balaban J connectivity index is 2.57. The van der Waals surface area contributed by atoms with Crippen LogP contribution < -0.4 is 5.32 Å². The summed E-state index contributed by atoms with van der Waals surface area (Å²) in [6.45, 7) is 7.16. The number of hydrogen-bond acceptors (Lipinski definition) is 1. The maximum atomic E-state index is 3.50. The normalized spacial score (nSPS) is 32.7. The fraction of sp³-hybridized carbons (Fsp3) is 1.00. The van der Waals surface area contributed by atoms with Gasteiger partial charge >= 0.3 is 0 Å². The summed E-state index contributed by atoms with van der Waals surface area (Å²) in [5, 5.41) is 3.50. The van der Waals surface area contributed by atoms with E-state index in [1.54, 1.807) is 0 Å². The van der Waals surface area contributed by atoms with Gasteiger partial charge in [0.2, 0.25) is 0 Å². The van der Waals surface area contributed by atoms with Gasteiger partial charge in [0.15, 0.2) is 0 Å². The summed E-state index contributed by atoms with van der Waals surface area (Å²) in [4.78, 5) is 0. The predicted molar refractivity (Wildman–Crippen MR) is 58.3 cm³/mol. The van der Waals surface area contributed by atoms with Crippen LogP contribution in [-0.2, 0) is 0 Å². The third-order valence-electron chi connectivity index (χ3n) is 3.00. The molecule has 1 aliphatic rings. The molecule has 1 N–H and O–H groups in total. The second kappa shape index (κ2) is 4.08. The van der Waals surface area contributed by atoms with Crippen LogP contribution in [0.4, 0.5) is 0 Å². The number of alkyl halides is 1. The first-order chi connectivity index (χ1) is 5.21. The van der Waals surface area contributed by atoms with Crippen LogP contribution >= 0.6 is 22.6 Å². The summed E-state index contributed by atoms with van der Waals surface area (Å²) in [6.07, 6.45) is 2.78. The van der Waals surface area contributed by atoms with Crippen molar-refractivity contribution in [3.05, 3.63) is 0 Å². The molecule has 0 aromatic heterocycles. The minimum Gasteiger partial charge on any atom is -0.316 e. The van der Waals surface area contributed by atoms with E-state index in [0.717, 1.165) is 5.92 Å². The van der Waals surface area contributed by atoms with Crippen LogP contribution in [0.25, 0.3) is 0 Å². The molecule has 0 saturated carbocycles. The molecule has 11 heavy (non-hydrogen) atoms. The molecule has 0 bridgehead atoms. The van der Waals surface area contributed by atoms with E-state index in [9.17, 15) is 0 Å². The molecular weight excluding hydrogens is 249 g/mol. The van der Waals surface area contributed by atoms with Gasteiger partial charge in [-0.15, -0.1) is 0 Å². The smallest absolute Gasteiger partial charge is 0.00666 e. The maximum absolute atomic E-state index is 3.50. The average Bonchev–Trinajstić information content (AvgIpc) is 2.05.